The fourth-order valence-electron chi connectivity index (χ4n) is 7.29. The lowest BCUT2D eigenvalue weighted by atomic mass is 9.51. The molecule has 0 heterocycles. The number of carbonyl (C=O) groups is 4. The summed E-state index contributed by atoms with van der Waals surface area (Å²) in [6.45, 7) is 10.7. The second-order valence-corrected chi connectivity index (χ2v) is 11.3. The second kappa shape index (κ2) is 9.62. The van der Waals surface area contributed by atoms with Gasteiger partial charge in [-0.25, -0.2) is 0 Å². The van der Waals surface area contributed by atoms with Gasteiger partial charge in [-0.3, -0.25) is 19.2 Å². The molecule has 0 saturated heterocycles. The minimum Gasteiger partial charge on any atom is -0.389 e. The third kappa shape index (κ3) is 3.87. The molecule has 0 aliphatic heterocycles. The van der Waals surface area contributed by atoms with Crippen molar-refractivity contribution in [2.24, 2.45) is 34.0 Å². The lowest BCUT2D eigenvalue weighted by Gasteiger charge is -2.50. The molecule has 0 aromatic carbocycles. The van der Waals surface area contributed by atoms with E-state index in [1.54, 1.807) is 0 Å². The summed E-state index contributed by atoms with van der Waals surface area (Å²) in [6.07, 6.45) is 8.32. The lowest BCUT2D eigenvalue weighted by molar-refractivity contribution is -0.150. The SMILES string of the molecule is C=CC12CCC(=O)[C@@H]1[C@](C)(C(=O)CO)[C@H](C)CC2.C[C@@H]1CCC2=C(C(=O)CC2)[C@]1(C)C(=O)CO. The molecule has 4 rings (SSSR count). The van der Waals surface area contributed by atoms with Crippen LogP contribution in [0.1, 0.15) is 79.1 Å². The zero-order valence-electron chi connectivity index (χ0n) is 21.1. The monoisotopic (exact) mass is 472 g/mol. The Morgan fingerprint density at radius 1 is 0.941 bits per heavy atom. The molecule has 4 aliphatic rings. The van der Waals surface area contributed by atoms with Crippen LogP contribution in [0.3, 0.4) is 0 Å². The van der Waals surface area contributed by atoms with Gasteiger partial charge in [0, 0.05) is 29.7 Å². The van der Waals surface area contributed by atoms with E-state index in [1.165, 1.54) is 0 Å². The summed E-state index contributed by atoms with van der Waals surface area (Å²) in [6, 6.07) is 0. The largest absolute Gasteiger partial charge is 0.389 e. The molecule has 0 spiro atoms. The molecule has 6 heteroatoms. The Morgan fingerprint density at radius 2 is 1.59 bits per heavy atom. The highest BCUT2D eigenvalue weighted by Gasteiger charge is 2.61. The van der Waals surface area contributed by atoms with Crippen molar-refractivity contribution < 1.29 is 29.4 Å². The number of hydrogen-bond acceptors (Lipinski definition) is 6. The van der Waals surface area contributed by atoms with Gasteiger partial charge in [0.15, 0.2) is 17.3 Å². The minimum absolute atomic E-state index is 0.117. The molecule has 6 nitrogen and oxygen atoms in total. The average Bonchev–Trinajstić information content (AvgIpc) is 3.39. The molecule has 0 aromatic rings. The van der Waals surface area contributed by atoms with Crippen LogP contribution in [-0.2, 0) is 19.2 Å². The number of fused-ring (bicyclic) bond motifs is 1. The van der Waals surface area contributed by atoms with E-state index >= 15 is 0 Å². The summed E-state index contributed by atoms with van der Waals surface area (Å²) >= 11 is 0. The van der Waals surface area contributed by atoms with Crippen LogP contribution in [0.2, 0.25) is 0 Å². The van der Waals surface area contributed by atoms with Crippen LogP contribution in [0.15, 0.2) is 23.8 Å². The lowest BCUT2D eigenvalue weighted by Crippen LogP contribution is -2.53. The molecule has 0 amide bonds. The third-order valence-electron chi connectivity index (χ3n) is 9.94. The van der Waals surface area contributed by atoms with E-state index in [2.05, 4.69) is 6.58 Å². The number of ketones is 4. The second-order valence-electron chi connectivity index (χ2n) is 11.3. The van der Waals surface area contributed by atoms with E-state index < -0.39 is 24.0 Å². The standard InChI is InChI=1S/C15H22O3.C13H18O3/c1-4-15-7-5-10(2)14(3,12(18)9-16)13(15)11(17)6-8-15;1-8-3-4-9-5-6-10(15)12(9)13(8,2)11(16)7-14/h4,10,13,16H,1,5-9H2,2-3H3;8,14H,3-7H2,1-2H3/t10-,13-,14+,15?;8-,13+/m11/s1. The molecule has 0 aromatic heterocycles. The smallest absolute Gasteiger partial charge is 0.168 e. The number of hydrogen-bond donors (Lipinski definition) is 2. The third-order valence-corrected chi connectivity index (χ3v) is 9.94. The molecule has 2 saturated carbocycles. The first kappa shape index (κ1) is 26.7. The molecule has 0 bridgehead atoms. The Bertz CT molecular complexity index is 931. The fourth-order valence-corrected chi connectivity index (χ4v) is 7.29. The number of carbonyl (C=O) groups excluding carboxylic acids is 4. The average molecular weight is 473 g/mol. The van der Waals surface area contributed by atoms with E-state index in [0.717, 1.165) is 49.7 Å². The van der Waals surface area contributed by atoms with E-state index in [4.69, 9.17) is 5.11 Å². The number of allylic oxidation sites excluding steroid dienone is 3. The van der Waals surface area contributed by atoms with Crippen molar-refractivity contribution in [2.75, 3.05) is 13.2 Å². The highest BCUT2D eigenvalue weighted by Crippen LogP contribution is 2.61. The normalized spacial score (nSPS) is 39.2. The Kier molecular flexibility index (Phi) is 7.55. The van der Waals surface area contributed by atoms with Crippen LogP contribution in [0.5, 0.6) is 0 Å². The van der Waals surface area contributed by atoms with Gasteiger partial charge in [-0.05, 0) is 62.7 Å². The van der Waals surface area contributed by atoms with Crippen LogP contribution < -0.4 is 0 Å². The van der Waals surface area contributed by atoms with E-state index in [9.17, 15) is 24.3 Å². The molecule has 2 N–H and O–H groups in total. The molecule has 2 fully saturated rings. The predicted molar refractivity (Wildman–Crippen MR) is 129 cm³/mol. The van der Waals surface area contributed by atoms with Crippen molar-refractivity contribution in [1.29, 1.82) is 0 Å². The maximum atomic E-state index is 12.3. The van der Waals surface area contributed by atoms with Crippen molar-refractivity contribution in [3.05, 3.63) is 23.8 Å². The van der Waals surface area contributed by atoms with Gasteiger partial charge in [-0.2, -0.15) is 0 Å². The summed E-state index contributed by atoms with van der Waals surface area (Å²) in [5, 5.41) is 18.3. The molecular weight excluding hydrogens is 432 g/mol. The number of rotatable bonds is 5. The fraction of sp³-hybridized carbons (Fsp3) is 0.714. The highest BCUT2D eigenvalue weighted by atomic mass is 16.3. The van der Waals surface area contributed by atoms with Crippen molar-refractivity contribution in [2.45, 2.75) is 79.1 Å². The number of aliphatic hydroxyl groups is 2. The molecule has 0 radical (unpaired) electrons. The van der Waals surface area contributed by atoms with Crippen molar-refractivity contribution in [3.63, 3.8) is 0 Å². The highest BCUT2D eigenvalue weighted by molar-refractivity contribution is 6.07. The van der Waals surface area contributed by atoms with E-state index in [-0.39, 0.29) is 46.3 Å². The van der Waals surface area contributed by atoms with E-state index in [1.807, 2.05) is 33.8 Å². The Morgan fingerprint density at radius 3 is 2.18 bits per heavy atom. The van der Waals surface area contributed by atoms with Crippen LogP contribution in [0, 0.1) is 34.0 Å². The number of aliphatic hydroxyl groups excluding tert-OH is 2. The minimum atomic E-state index is -0.740. The van der Waals surface area contributed by atoms with Gasteiger partial charge < -0.3 is 10.2 Å². The molecule has 188 valence electrons. The first-order valence-corrected chi connectivity index (χ1v) is 12.6. The van der Waals surface area contributed by atoms with Gasteiger partial charge in [-0.15, -0.1) is 6.58 Å². The van der Waals surface area contributed by atoms with Gasteiger partial charge in [0.1, 0.15) is 19.0 Å². The number of Topliss-reactive ketones (excluding diaryl/α,β-unsaturated/α-hetero) is 4. The van der Waals surface area contributed by atoms with Gasteiger partial charge in [-0.1, -0.05) is 32.4 Å². The first-order valence-electron chi connectivity index (χ1n) is 12.6. The summed E-state index contributed by atoms with van der Waals surface area (Å²) < 4.78 is 0. The summed E-state index contributed by atoms with van der Waals surface area (Å²) in [5.74, 6) is -0.114. The predicted octanol–water partition coefficient (Wildman–Crippen LogP) is 3.78. The van der Waals surface area contributed by atoms with Crippen LogP contribution in [0.4, 0.5) is 0 Å². The summed E-state index contributed by atoms with van der Waals surface area (Å²) in [5.41, 5.74) is 0.200. The Balaban J connectivity index is 0.000000192. The van der Waals surface area contributed by atoms with Gasteiger partial charge in [0.05, 0.1) is 5.41 Å². The van der Waals surface area contributed by atoms with E-state index in [0.29, 0.717) is 12.8 Å². The summed E-state index contributed by atoms with van der Waals surface area (Å²) in [7, 11) is 0. The zero-order chi connectivity index (χ0) is 25.5. The molecule has 4 aliphatic carbocycles. The van der Waals surface area contributed by atoms with Crippen molar-refractivity contribution in [1.82, 2.24) is 0 Å². The summed E-state index contributed by atoms with van der Waals surface area (Å²) in [4.78, 5) is 48.3. The Hall–Kier alpha value is -1.92. The van der Waals surface area contributed by atoms with Crippen LogP contribution >= 0.6 is 0 Å². The van der Waals surface area contributed by atoms with Crippen LogP contribution in [0.25, 0.3) is 0 Å². The molecule has 1 unspecified atom stereocenters. The Labute approximate surface area is 202 Å². The van der Waals surface area contributed by atoms with Crippen molar-refractivity contribution in [3.8, 4) is 0 Å². The van der Waals surface area contributed by atoms with Gasteiger partial charge in [0.2, 0.25) is 0 Å². The molecule has 6 atom stereocenters. The van der Waals surface area contributed by atoms with Gasteiger partial charge in [0.25, 0.3) is 0 Å². The molecule has 34 heavy (non-hydrogen) atoms. The van der Waals surface area contributed by atoms with Crippen LogP contribution in [-0.4, -0.2) is 46.6 Å². The maximum Gasteiger partial charge on any atom is 0.168 e. The van der Waals surface area contributed by atoms with Gasteiger partial charge >= 0.3 is 0 Å². The molecular formula is C28H40O6. The maximum absolute atomic E-state index is 12.3. The zero-order valence-corrected chi connectivity index (χ0v) is 21.1. The topological polar surface area (TPSA) is 109 Å². The quantitative estimate of drug-likeness (QED) is 0.590. The van der Waals surface area contributed by atoms with Crippen molar-refractivity contribution >= 4 is 23.1 Å². The first-order chi connectivity index (χ1) is 15.9.